The van der Waals surface area contributed by atoms with E-state index in [-0.39, 0.29) is 6.04 Å². The Morgan fingerprint density at radius 3 is 2.53 bits per heavy atom. The van der Waals surface area contributed by atoms with Crippen molar-refractivity contribution >= 4 is 11.8 Å². The molecule has 0 bridgehead atoms. The van der Waals surface area contributed by atoms with Crippen molar-refractivity contribution in [3.05, 3.63) is 29.8 Å². The van der Waals surface area contributed by atoms with Crippen LogP contribution in [0.3, 0.4) is 0 Å². The molecule has 0 saturated carbocycles. The monoisotopic (exact) mass is 223 g/mol. The van der Waals surface area contributed by atoms with Gasteiger partial charge in [0.2, 0.25) is 0 Å². The summed E-state index contributed by atoms with van der Waals surface area (Å²) >= 11 is 1.93. The molecule has 0 aliphatic rings. The minimum atomic E-state index is 0.130. The summed E-state index contributed by atoms with van der Waals surface area (Å²) in [5, 5.41) is 0. The maximum Gasteiger partial charge on any atom is 0.0277 e. The number of rotatable bonds is 5. The van der Waals surface area contributed by atoms with Crippen molar-refractivity contribution in [1.82, 2.24) is 0 Å². The first-order chi connectivity index (χ1) is 7.15. The second-order valence-corrected chi connectivity index (χ2v) is 5.21. The van der Waals surface area contributed by atoms with E-state index in [0.29, 0.717) is 0 Å². The molecule has 1 rings (SSSR count). The summed E-state index contributed by atoms with van der Waals surface area (Å²) in [4.78, 5) is 1.34. The minimum Gasteiger partial charge on any atom is -0.324 e. The highest BCUT2D eigenvalue weighted by Gasteiger charge is 2.07. The lowest BCUT2D eigenvalue weighted by molar-refractivity contribution is 0.636. The van der Waals surface area contributed by atoms with Crippen LogP contribution in [0, 0.1) is 5.92 Å². The molecular weight excluding hydrogens is 202 g/mol. The van der Waals surface area contributed by atoms with Crippen LogP contribution in [0.15, 0.2) is 29.2 Å². The molecule has 2 heteroatoms. The second-order valence-electron chi connectivity index (χ2n) is 4.15. The Morgan fingerprint density at radius 2 is 1.93 bits per heavy atom. The van der Waals surface area contributed by atoms with Crippen molar-refractivity contribution in [2.24, 2.45) is 11.7 Å². The smallest absolute Gasteiger partial charge is 0.0277 e. The van der Waals surface area contributed by atoms with E-state index in [4.69, 9.17) is 5.73 Å². The van der Waals surface area contributed by atoms with Crippen LogP contribution in [-0.2, 0) is 0 Å². The lowest BCUT2D eigenvalue weighted by atomic mass is 10.1. The molecule has 0 saturated heterocycles. The maximum atomic E-state index is 5.94. The number of hydrogen-bond donors (Lipinski definition) is 1. The molecule has 2 atom stereocenters. The lowest BCUT2D eigenvalue weighted by Gasteiger charge is -2.13. The highest BCUT2D eigenvalue weighted by molar-refractivity contribution is 7.99. The van der Waals surface area contributed by atoms with Crippen LogP contribution in [0.25, 0.3) is 0 Å². The van der Waals surface area contributed by atoms with E-state index in [0.717, 1.165) is 5.92 Å². The van der Waals surface area contributed by atoms with E-state index in [1.165, 1.54) is 22.6 Å². The van der Waals surface area contributed by atoms with Gasteiger partial charge in [-0.2, -0.15) is 0 Å². The molecule has 2 N–H and O–H groups in total. The molecule has 15 heavy (non-hydrogen) atoms. The molecule has 1 unspecified atom stereocenters. The van der Waals surface area contributed by atoms with Gasteiger partial charge in [-0.1, -0.05) is 38.5 Å². The Bertz CT molecular complexity index is 296. The predicted octanol–water partition coefficient (Wildman–Crippen LogP) is 3.84. The summed E-state index contributed by atoms with van der Waals surface area (Å²) in [7, 11) is 0. The van der Waals surface area contributed by atoms with Crippen molar-refractivity contribution in [3.63, 3.8) is 0 Å². The van der Waals surface area contributed by atoms with Crippen LogP contribution in [-0.4, -0.2) is 5.75 Å². The standard InChI is InChI=1S/C13H21NS/c1-4-10(2)9-15-13-8-6-5-7-12(13)11(3)14/h5-8,10-11H,4,9,14H2,1-3H3/t10?,11-/m1/s1. The van der Waals surface area contributed by atoms with Crippen LogP contribution >= 0.6 is 11.8 Å². The molecule has 1 nitrogen and oxygen atoms in total. The molecule has 0 aromatic heterocycles. The average molecular weight is 223 g/mol. The summed E-state index contributed by atoms with van der Waals surface area (Å²) in [5.41, 5.74) is 7.21. The summed E-state index contributed by atoms with van der Waals surface area (Å²) in [6.07, 6.45) is 1.24. The summed E-state index contributed by atoms with van der Waals surface area (Å²) in [5.74, 6) is 1.95. The molecule has 0 aliphatic heterocycles. The third-order valence-corrected chi connectivity index (χ3v) is 4.05. The quantitative estimate of drug-likeness (QED) is 0.767. The summed E-state index contributed by atoms with van der Waals surface area (Å²) < 4.78 is 0. The SMILES string of the molecule is CCC(C)CSc1ccccc1[C@@H](C)N. The Kier molecular flexibility index (Phi) is 5.20. The van der Waals surface area contributed by atoms with E-state index in [1.807, 2.05) is 18.7 Å². The van der Waals surface area contributed by atoms with Gasteiger partial charge in [-0.15, -0.1) is 11.8 Å². The van der Waals surface area contributed by atoms with Gasteiger partial charge in [0, 0.05) is 16.7 Å². The zero-order valence-electron chi connectivity index (χ0n) is 9.86. The van der Waals surface area contributed by atoms with Crippen LogP contribution in [0.1, 0.15) is 38.8 Å². The Hall–Kier alpha value is -0.470. The largest absolute Gasteiger partial charge is 0.324 e. The molecule has 0 fully saturated rings. The van der Waals surface area contributed by atoms with Crippen LogP contribution in [0.5, 0.6) is 0 Å². The van der Waals surface area contributed by atoms with E-state index < -0.39 is 0 Å². The third-order valence-electron chi connectivity index (χ3n) is 2.63. The van der Waals surface area contributed by atoms with Crippen molar-refractivity contribution in [2.45, 2.75) is 38.1 Å². The van der Waals surface area contributed by atoms with Gasteiger partial charge in [-0.05, 0) is 24.5 Å². The van der Waals surface area contributed by atoms with Crippen LogP contribution in [0.4, 0.5) is 0 Å². The van der Waals surface area contributed by atoms with Gasteiger partial charge in [0.25, 0.3) is 0 Å². The average Bonchev–Trinajstić information content (AvgIpc) is 2.26. The first kappa shape index (κ1) is 12.6. The van der Waals surface area contributed by atoms with Crippen molar-refractivity contribution < 1.29 is 0 Å². The van der Waals surface area contributed by atoms with Gasteiger partial charge in [-0.3, -0.25) is 0 Å². The molecule has 1 aromatic rings. The molecule has 0 radical (unpaired) electrons. The maximum absolute atomic E-state index is 5.94. The molecule has 1 aromatic carbocycles. The Balaban J connectivity index is 2.67. The van der Waals surface area contributed by atoms with Crippen LogP contribution in [0.2, 0.25) is 0 Å². The first-order valence-electron chi connectivity index (χ1n) is 5.62. The fourth-order valence-corrected chi connectivity index (χ4v) is 2.63. The minimum absolute atomic E-state index is 0.130. The number of benzene rings is 1. The first-order valence-corrected chi connectivity index (χ1v) is 6.61. The van der Waals surface area contributed by atoms with E-state index in [2.05, 4.69) is 38.1 Å². The van der Waals surface area contributed by atoms with Gasteiger partial charge in [0.05, 0.1) is 0 Å². The fourth-order valence-electron chi connectivity index (χ4n) is 1.34. The summed E-state index contributed by atoms with van der Waals surface area (Å²) in [6.45, 7) is 6.58. The molecule has 84 valence electrons. The zero-order chi connectivity index (χ0) is 11.3. The topological polar surface area (TPSA) is 26.0 Å². The van der Waals surface area contributed by atoms with Gasteiger partial charge in [0.1, 0.15) is 0 Å². The second kappa shape index (κ2) is 6.19. The number of nitrogens with two attached hydrogens (primary N) is 1. The zero-order valence-corrected chi connectivity index (χ0v) is 10.7. The molecule has 0 amide bonds. The van der Waals surface area contributed by atoms with Crippen molar-refractivity contribution in [1.29, 1.82) is 0 Å². The predicted molar refractivity (Wildman–Crippen MR) is 69.2 cm³/mol. The Labute approximate surface area is 97.4 Å². The number of hydrogen-bond acceptors (Lipinski definition) is 2. The molecule has 0 aliphatic carbocycles. The Morgan fingerprint density at radius 1 is 1.27 bits per heavy atom. The van der Waals surface area contributed by atoms with Gasteiger partial charge in [0.15, 0.2) is 0 Å². The fraction of sp³-hybridized carbons (Fsp3) is 0.538. The third kappa shape index (κ3) is 3.88. The molecule has 0 heterocycles. The van der Waals surface area contributed by atoms with Crippen molar-refractivity contribution in [2.75, 3.05) is 5.75 Å². The highest BCUT2D eigenvalue weighted by Crippen LogP contribution is 2.28. The van der Waals surface area contributed by atoms with Crippen molar-refractivity contribution in [3.8, 4) is 0 Å². The molecule has 0 spiro atoms. The van der Waals surface area contributed by atoms with Gasteiger partial charge < -0.3 is 5.73 Å². The highest BCUT2D eigenvalue weighted by atomic mass is 32.2. The van der Waals surface area contributed by atoms with E-state index in [9.17, 15) is 0 Å². The van der Waals surface area contributed by atoms with Crippen LogP contribution < -0.4 is 5.73 Å². The molecular formula is C13H21NS. The van der Waals surface area contributed by atoms with E-state index >= 15 is 0 Å². The number of thioether (sulfide) groups is 1. The summed E-state index contributed by atoms with van der Waals surface area (Å²) in [6, 6.07) is 8.58. The van der Waals surface area contributed by atoms with Gasteiger partial charge >= 0.3 is 0 Å². The van der Waals surface area contributed by atoms with E-state index in [1.54, 1.807) is 0 Å². The lowest BCUT2D eigenvalue weighted by Crippen LogP contribution is -2.06. The van der Waals surface area contributed by atoms with Gasteiger partial charge in [-0.25, -0.2) is 0 Å². The normalized spacial score (nSPS) is 14.9.